The lowest BCUT2D eigenvalue weighted by Gasteiger charge is -2.38. The van der Waals surface area contributed by atoms with Crippen LogP contribution >= 0.6 is 0 Å². The number of ketones is 1. The second-order valence-electron chi connectivity index (χ2n) is 6.26. The fraction of sp³-hybridized carbons (Fsp3) is 0.562. The molecule has 0 aromatic heterocycles. The number of Topliss-reactive ketones (excluding diaryl/α,β-unsaturated/α-hetero) is 1. The summed E-state index contributed by atoms with van der Waals surface area (Å²) in [6, 6.07) is 3.95. The zero-order valence-electron chi connectivity index (χ0n) is 11.7. The van der Waals surface area contributed by atoms with Crippen LogP contribution in [-0.4, -0.2) is 5.78 Å². The van der Waals surface area contributed by atoms with Gasteiger partial charge in [-0.15, -0.1) is 0 Å². The third-order valence-corrected chi connectivity index (χ3v) is 4.42. The molecule has 19 heavy (non-hydrogen) atoms. The quantitative estimate of drug-likeness (QED) is 0.782. The van der Waals surface area contributed by atoms with Crippen molar-refractivity contribution < 1.29 is 13.6 Å². The van der Waals surface area contributed by atoms with Crippen molar-refractivity contribution in [2.45, 2.75) is 45.4 Å². The van der Waals surface area contributed by atoms with Crippen LogP contribution in [0.4, 0.5) is 8.78 Å². The van der Waals surface area contributed by atoms with E-state index in [4.69, 9.17) is 0 Å². The Hall–Kier alpha value is -1.25. The van der Waals surface area contributed by atoms with E-state index in [2.05, 4.69) is 6.92 Å². The number of halogens is 2. The SMILES string of the molecule is CC1CCC(C(C)(C)c2ccc(F)c(F)c2)C(=O)C1. The van der Waals surface area contributed by atoms with Crippen LogP contribution in [0.5, 0.6) is 0 Å². The maximum absolute atomic E-state index is 13.4. The molecule has 2 unspecified atom stereocenters. The normalized spacial score (nSPS) is 24.6. The van der Waals surface area contributed by atoms with Crippen LogP contribution in [0, 0.1) is 23.5 Å². The van der Waals surface area contributed by atoms with Gasteiger partial charge in [-0.1, -0.05) is 26.8 Å². The van der Waals surface area contributed by atoms with Gasteiger partial charge in [0.2, 0.25) is 0 Å². The molecule has 0 bridgehead atoms. The lowest BCUT2D eigenvalue weighted by atomic mass is 9.65. The zero-order chi connectivity index (χ0) is 14.2. The molecule has 1 nitrogen and oxygen atoms in total. The van der Waals surface area contributed by atoms with Crippen LogP contribution in [0.2, 0.25) is 0 Å². The smallest absolute Gasteiger partial charge is 0.159 e. The molecule has 0 radical (unpaired) electrons. The summed E-state index contributed by atoms with van der Waals surface area (Å²) in [5.41, 5.74) is 0.241. The molecule has 1 fully saturated rings. The molecule has 1 aromatic carbocycles. The molecule has 0 N–H and O–H groups in total. The Morgan fingerprint density at radius 2 is 1.84 bits per heavy atom. The molecular weight excluding hydrogens is 246 g/mol. The highest BCUT2D eigenvalue weighted by Crippen LogP contribution is 2.40. The van der Waals surface area contributed by atoms with Crippen LogP contribution in [0.25, 0.3) is 0 Å². The van der Waals surface area contributed by atoms with E-state index in [1.807, 2.05) is 13.8 Å². The Kier molecular flexibility index (Phi) is 3.75. The Morgan fingerprint density at radius 1 is 1.16 bits per heavy atom. The minimum Gasteiger partial charge on any atom is -0.299 e. The second kappa shape index (κ2) is 5.03. The third-order valence-electron chi connectivity index (χ3n) is 4.42. The van der Waals surface area contributed by atoms with Crippen LogP contribution in [0.1, 0.15) is 45.6 Å². The lowest BCUT2D eigenvalue weighted by molar-refractivity contribution is -0.128. The maximum atomic E-state index is 13.4. The van der Waals surface area contributed by atoms with E-state index in [1.54, 1.807) is 6.07 Å². The van der Waals surface area contributed by atoms with Crippen molar-refractivity contribution in [1.29, 1.82) is 0 Å². The van der Waals surface area contributed by atoms with Crippen LogP contribution in [-0.2, 0) is 10.2 Å². The topological polar surface area (TPSA) is 17.1 Å². The molecule has 0 heterocycles. The van der Waals surface area contributed by atoms with Gasteiger partial charge in [-0.2, -0.15) is 0 Å². The zero-order valence-corrected chi connectivity index (χ0v) is 11.7. The highest BCUT2D eigenvalue weighted by atomic mass is 19.2. The summed E-state index contributed by atoms with van der Waals surface area (Å²) in [6.45, 7) is 5.97. The molecule has 0 aliphatic heterocycles. The summed E-state index contributed by atoms with van der Waals surface area (Å²) in [5.74, 6) is -1.11. The minimum absolute atomic E-state index is 0.103. The molecule has 1 saturated carbocycles. The second-order valence-corrected chi connectivity index (χ2v) is 6.26. The Bertz CT molecular complexity index is 494. The standard InChI is InChI=1S/C16H20F2O/c1-10-4-6-12(15(19)8-10)16(2,3)11-5-7-13(17)14(18)9-11/h5,7,9-10,12H,4,6,8H2,1-3H3. The van der Waals surface area contributed by atoms with Gasteiger partial charge in [-0.05, 0) is 41.9 Å². The number of benzene rings is 1. The lowest BCUT2D eigenvalue weighted by Crippen LogP contribution is -2.38. The van der Waals surface area contributed by atoms with Gasteiger partial charge in [-0.3, -0.25) is 4.79 Å². The Labute approximate surface area is 113 Å². The summed E-state index contributed by atoms with van der Waals surface area (Å²) in [6.07, 6.45) is 2.44. The Morgan fingerprint density at radius 3 is 2.42 bits per heavy atom. The molecule has 3 heteroatoms. The van der Waals surface area contributed by atoms with E-state index in [0.29, 0.717) is 17.9 Å². The first-order valence-electron chi connectivity index (χ1n) is 6.80. The predicted molar refractivity (Wildman–Crippen MR) is 70.9 cm³/mol. The summed E-state index contributed by atoms with van der Waals surface area (Å²) < 4.78 is 26.4. The minimum atomic E-state index is -0.845. The van der Waals surface area contributed by atoms with Crippen LogP contribution < -0.4 is 0 Å². The van der Waals surface area contributed by atoms with Gasteiger partial charge in [0.15, 0.2) is 11.6 Å². The van der Waals surface area contributed by atoms with Gasteiger partial charge in [0.1, 0.15) is 5.78 Å². The summed E-state index contributed by atoms with van der Waals surface area (Å²) in [7, 11) is 0. The number of carbonyl (C=O) groups is 1. The molecule has 2 atom stereocenters. The average Bonchev–Trinajstić information content (AvgIpc) is 2.32. The molecule has 0 spiro atoms. The fourth-order valence-electron chi connectivity index (χ4n) is 3.06. The van der Waals surface area contributed by atoms with Gasteiger partial charge in [0.25, 0.3) is 0 Å². The number of hydrogen-bond acceptors (Lipinski definition) is 1. The number of carbonyl (C=O) groups excluding carboxylic acids is 1. The van der Waals surface area contributed by atoms with E-state index in [0.717, 1.165) is 18.9 Å². The molecule has 104 valence electrons. The van der Waals surface area contributed by atoms with Crippen molar-refractivity contribution in [3.8, 4) is 0 Å². The van der Waals surface area contributed by atoms with E-state index in [9.17, 15) is 13.6 Å². The number of rotatable bonds is 2. The largest absolute Gasteiger partial charge is 0.299 e. The van der Waals surface area contributed by atoms with Gasteiger partial charge < -0.3 is 0 Å². The first-order chi connectivity index (χ1) is 8.82. The summed E-state index contributed by atoms with van der Waals surface area (Å²) >= 11 is 0. The van der Waals surface area contributed by atoms with E-state index in [1.165, 1.54) is 6.07 Å². The highest BCUT2D eigenvalue weighted by molar-refractivity contribution is 5.83. The Balaban J connectivity index is 2.30. The average molecular weight is 266 g/mol. The molecular formula is C16H20F2O. The van der Waals surface area contributed by atoms with Crippen molar-refractivity contribution in [3.63, 3.8) is 0 Å². The summed E-state index contributed by atoms with van der Waals surface area (Å²) in [4.78, 5) is 12.2. The van der Waals surface area contributed by atoms with Gasteiger partial charge in [-0.25, -0.2) is 8.78 Å². The molecule has 1 aliphatic carbocycles. The van der Waals surface area contributed by atoms with Gasteiger partial charge >= 0.3 is 0 Å². The third kappa shape index (κ3) is 2.70. The van der Waals surface area contributed by atoms with Crippen molar-refractivity contribution in [2.24, 2.45) is 11.8 Å². The van der Waals surface area contributed by atoms with E-state index >= 15 is 0 Å². The number of hydrogen-bond donors (Lipinski definition) is 0. The highest BCUT2D eigenvalue weighted by Gasteiger charge is 2.39. The van der Waals surface area contributed by atoms with Crippen molar-refractivity contribution >= 4 is 5.78 Å². The van der Waals surface area contributed by atoms with Crippen LogP contribution in [0.15, 0.2) is 18.2 Å². The predicted octanol–water partition coefficient (Wildman–Crippen LogP) is 4.25. The van der Waals surface area contributed by atoms with Crippen molar-refractivity contribution in [3.05, 3.63) is 35.4 Å². The summed E-state index contributed by atoms with van der Waals surface area (Å²) in [5, 5.41) is 0. The monoisotopic (exact) mass is 266 g/mol. The van der Waals surface area contributed by atoms with Crippen molar-refractivity contribution in [2.75, 3.05) is 0 Å². The van der Waals surface area contributed by atoms with Crippen molar-refractivity contribution in [1.82, 2.24) is 0 Å². The molecule has 2 rings (SSSR count). The van der Waals surface area contributed by atoms with Gasteiger partial charge in [0.05, 0.1) is 0 Å². The van der Waals surface area contributed by atoms with Crippen LogP contribution in [0.3, 0.4) is 0 Å². The first-order valence-corrected chi connectivity index (χ1v) is 6.80. The molecule has 1 aromatic rings. The van der Waals surface area contributed by atoms with E-state index < -0.39 is 17.0 Å². The molecule has 1 aliphatic rings. The molecule has 0 amide bonds. The maximum Gasteiger partial charge on any atom is 0.159 e. The van der Waals surface area contributed by atoms with E-state index in [-0.39, 0.29) is 11.7 Å². The molecule has 0 saturated heterocycles. The van der Waals surface area contributed by atoms with Gasteiger partial charge in [0, 0.05) is 12.3 Å². The fourth-order valence-corrected chi connectivity index (χ4v) is 3.06. The first kappa shape index (κ1) is 14.2.